The van der Waals surface area contributed by atoms with E-state index in [-0.39, 0.29) is 11.8 Å². The van der Waals surface area contributed by atoms with E-state index in [0.717, 1.165) is 5.56 Å². The summed E-state index contributed by atoms with van der Waals surface area (Å²) in [6, 6.07) is 13.4. The maximum absolute atomic E-state index is 11.9. The lowest BCUT2D eigenvalue weighted by Crippen LogP contribution is -2.43. The number of hydrogen-bond donors (Lipinski definition) is 4. The normalized spacial score (nSPS) is 13.2. The summed E-state index contributed by atoms with van der Waals surface area (Å²) in [5.41, 5.74) is 2.82. The third-order valence-corrected chi connectivity index (χ3v) is 3.64. The summed E-state index contributed by atoms with van der Waals surface area (Å²) in [5.74, 6) is 0.136. The summed E-state index contributed by atoms with van der Waals surface area (Å²) in [7, 11) is 0. The monoisotopic (exact) mass is 314 g/mol. The maximum Gasteiger partial charge on any atom is 0.315 e. The number of phenols is 1. The molecule has 0 fully saturated rings. The number of aliphatic hydroxyl groups excluding tert-OH is 1. The molecule has 0 bridgehead atoms. The van der Waals surface area contributed by atoms with Gasteiger partial charge in [0.15, 0.2) is 0 Å². The zero-order valence-electron chi connectivity index (χ0n) is 13.3. The summed E-state index contributed by atoms with van der Waals surface area (Å²) >= 11 is 0. The summed E-state index contributed by atoms with van der Waals surface area (Å²) in [4.78, 5) is 11.9. The first-order valence-electron chi connectivity index (χ1n) is 7.52. The average Bonchev–Trinajstić information content (AvgIpc) is 2.54. The molecule has 2 aromatic rings. The fourth-order valence-electron chi connectivity index (χ4n) is 2.19. The molecule has 0 aliphatic heterocycles. The van der Waals surface area contributed by atoms with Gasteiger partial charge in [-0.25, -0.2) is 4.79 Å². The molecule has 0 aliphatic carbocycles. The highest BCUT2D eigenvalue weighted by atomic mass is 16.3. The van der Waals surface area contributed by atoms with Crippen LogP contribution in [0.4, 0.5) is 4.79 Å². The standard InChI is InChI=1S/C18H22N2O3/c1-12-3-5-14(6-4-12)11-19-18(23)20-13(2)17(22)15-7-9-16(21)10-8-15/h3-10,13,17,21-22H,11H2,1-2H3,(H2,19,20,23)/t13-,17-/m1/s1. The van der Waals surface area contributed by atoms with E-state index >= 15 is 0 Å². The minimum atomic E-state index is -0.847. The first kappa shape index (κ1) is 16.8. The lowest BCUT2D eigenvalue weighted by atomic mass is 10.0. The van der Waals surface area contributed by atoms with Crippen molar-refractivity contribution >= 4 is 6.03 Å². The highest BCUT2D eigenvalue weighted by Crippen LogP contribution is 2.19. The molecule has 5 nitrogen and oxygen atoms in total. The number of aryl methyl sites for hydroxylation is 1. The largest absolute Gasteiger partial charge is 0.508 e. The van der Waals surface area contributed by atoms with Gasteiger partial charge in [0, 0.05) is 6.54 Å². The molecule has 2 amide bonds. The molecule has 0 aromatic heterocycles. The Balaban J connectivity index is 1.84. The van der Waals surface area contributed by atoms with Gasteiger partial charge in [-0.1, -0.05) is 42.0 Å². The lowest BCUT2D eigenvalue weighted by molar-refractivity contribution is 0.137. The molecule has 0 saturated heterocycles. The quantitative estimate of drug-likeness (QED) is 0.685. The average molecular weight is 314 g/mol. The van der Waals surface area contributed by atoms with Crippen LogP contribution in [0.15, 0.2) is 48.5 Å². The molecule has 0 aliphatic rings. The molecular formula is C18H22N2O3. The van der Waals surface area contributed by atoms with Gasteiger partial charge < -0.3 is 20.8 Å². The molecule has 0 radical (unpaired) electrons. The fourth-order valence-corrected chi connectivity index (χ4v) is 2.19. The number of amides is 2. The van der Waals surface area contributed by atoms with E-state index in [2.05, 4.69) is 10.6 Å². The van der Waals surface area contributed by atoms with Crippen LogP contribution in [0, 0.1) is 6.92 Å². The SMILES string of the molecule is Cc1ccc(CNC(=O)N[C@H](C)[C@@H](O)c2ccc(O)cc2)cc1. The second-order valence-corrected chi connectivity index (χ2v) is 5.64. The van der Waals surface area contributed by atoms with Crippen LogP contribution < -0.4 is 10.6 Å². The van der Waals surface area contributed by atoms with E-state index in [4.69, 9.17) is 0 Å². The molecule has 0 unspecified atom stereocenters. The second-order valence-electron chi connectivity index (χ2n) is 5.64. The highest BCUT2D eigenvalue weighted by Gasteiger charge is 2.18. The molecule has 0 heterocycles. The van der Waals surface area contributed by atoms with Gasteiger partial charge in [-0.2, -0.15) is 0 Å². The molecule has 5 heteroatoms. The van der Waals surface area contributed by atoms with Crippen molar-refractivity contribution in [1.82, 2.24) is 10.6 Å². The number of aromatic hydroxyl groups is 1. The van der Waals surface area contributed by atoms with Crippen molar-refractivity contribution in [3.8, 4) is 5.75 Å². The van der Waals surface area contributed by atoms with Crippen molar-refractivity contribution in [1.29, 1.82) is 0 Å². The van der Waals surface area contributed by atoms with Crippen LogP contribution in [0.3, 0.4) is 0 Å². The van der Waals surface area contributed by atoms with Crippen LogP contribution in [-0.4, -0.2) is 22.3 Å². The highest BCUT2D eigenvalue weighted by molar-refractivity contribution is 5.74. The predicted octanol–water partition coefficient (Wildman–Crippen LogP) is 2.62. The smallest absolute Gasteiger partial charge is 0.315 e. The number of carbonyl (C=O) groups excluding carboxylic acids is 1. The molecule has 0 saturated carbocycles. The van der Waals surface area contributed by atoms with Crippen LogP contribution in [0.2, 0.25) is 0 Å². The molecule has 0 spiro atoms. The number of hydrogen-bond acceptors (Lipinski definition) is 3. The topological polar surface area (TPSA) is 81.6 Å². The number of nitrogens with one attached hydrogen (secondary N) is 2. The van der Waals surface area contributed by atoms with Crippen molar-refractivity contribution in [2.24, 2.45) is 0 Å². The molecule has 2 rings (SSSR count). The number of rotatable bonds is 5. The Kier molecular flexibility index (Phi) is 5.60. The Morgan fingerprint density at radius 1 is 1.09 bits per heavy atom. The van der Waals surface area contributed by atoms with Gasteiger partial charge in [-0.3, -0.25) is 0 Å². The predicted molar refractivity (Wildman–Crippen MR) is 89.1 cm³/mol. The number of carbonyl (C=O) groups is 1. The summed E-state index contributed by atoms with van der Waals surface area (Å²) < 4.78 is 0. The van der Waals surface area contributed by atoms with Crippen molar-refractivity contribution in [3.63, 3.8) is 0 Å². The van der Waals surface area contributed by atoms with E-state index < -0.39 is 12.1 Å². The second kappa shape index (κ2) is 7.65. The fraction of sp³-hybridized carbons (Fsp3) is 0.278. The Morgan fingerprint density at radius 3 is 2.30 bits per heavy atom. The van der Waals surface area contributed by atoms with Crippen molar-refractivity contribution in [3.05, 3.63) is 65.2 Å². The number of aliphatic hydroxyl groups is 1. The molecule has 23 heavy (non-hydrogen) atoms. The molecule has 4 N–H and O–H groups in total. The third kappa shape index (κ3) is 5.00. The lowest BCUT2D eigenvalue weighted by Gasteiger charge is -2.21. The van der Waals surface area contributed by atoms with Gasteiger partial charge in [0.05, 0.1) is 12.1 Å². The Bertz CT molecular complexity index is 638. The van der Waals surface area contributed by atoms with E-state index in [1.807, 2.05) is 31.2 Å². The zero-order chi connectivity index (χ0) is 16.8. The Hall–Kier alpha value is -2.53. The van der Waals surface area contributed by atoms with Gasteiger partial charge in [0.2, 0.25) is 0 Å². The summed E-state index contributed by atoms with van der Waals surface area (Å²) in [5, 5.41) is 25.0. The van der Waals surface area contributed by atoms with Gasteiger partial charge in [0.25, 0.3) is 0 Å². The van der Waals surface area contributed by atoms with Crippen LogP contribution in [0.5, 0.6) is 5.75 Å². The van der Waals surface area contributed by atoms with Gasteiger partial charge in [-0.05, 0) is 37.1 Å². The molecule has 2 atom stereocenters. The van der Waals surface area contributed by atoms with Crippen molar-refractivity contribution < 1.29 is 15.0 Å². The van der Waals surface area contributed by atoms with E-state index in [0.29, 0.717) is 12.1 Å². The van der Waals surface area contributed by atoms with Crippen LogP contribution in [0.25, 0.3) is 0 Å². The zero-order valence-corrected chi connectivity index (χ0v) is 13.3. The molecule has 122 valence electrons. The minimum Gasteiger partial charge on any atom is -0.508 e. The number of benzene rings is 2. The summed E-state index contributed by atoms with van der Waals surface area (Å²) in [6.07, 6.45) is -0.847. The maximum atomic E-state index is 11.9. The van der Waals surface area contributed by atoms with Crippen LogP contribution in [0.1, 0.15) is 29.7 Å². The first-order chi connectivity index (χ1) is 11.0. The Morgan fingerprint density at radius 2 is 1.70 bits per heavy atom. The number of urea groups is 1. The van der Waals surface area contributed by atoms with Crippen molar-refractivity contribution in [2.75, 3.05) is 0 Å². The van der Waals surface area contributed by atoms with Crippen LogP contribution in [-0.2, 0) is 6.54 Å². The van der Waals surface area contributed by atoms with Gasteiger partial charge >= 0.3 is 6.03 Å². The van der Waals surface area contributed by atoms with E-state index in [9.17, 15) is 15.0 Å². The van der Waals surface area contributed by atoms with Gasteiger partial charge in [0.1, 0.15) is 5.75 Å². The van der Waals surface area contributed by atoms with Crippen LogP contribution >= 0.6 is 0 Å². The Labute approximate surface area is 136 Å². The first-order valence-corrected chi connectivity index (χ1v) is 7.52. The van der Waals surface area contributed by atoms with E-state index in [1.165, 1.54) is 17.7 Å². The van der Waals surface area contributed by atoms with Crippen molar-refractivity contribution in [2.45, 2.75) is 32.5 Å². The van der Waals surface area contributed by atoms with Gasteiger partial charge in [-0.15, -0.1) is 0 Å². The minimum absolute atomic E-state index is 0.136. The summed E-state index contributed by atoms with van der Waals surface area (Å²) in [6.45, 7) is 4.16. The molecule has 2 aromatic carbocycles. The molecular weight excluding hydrogens is 292 g/mol. The number of phenolic OH excluding ortho intramolecular Hbond substituents is 1. The van der Waals surface area contributed by atoms with E-state index in [1.54, 1.807) is 19.1 Å². The third-order valence-electron chi connectivity index (χ3n) is 3.64.